The normalized spacial score (nSPS) is 10.8. The molecule has 21 heavy (non-hydrogen) atoms. The lowest BCUT2D eigenvalue weighted by atomic mass is 10.1. The molecule has 5 nitrogen and oxygen atoms in total. The number of nitrogens with zero attached hydrogens (tertiary/aromatic N) is 3. The Morgan fingerprint density at radius 2 is 2.00 bits per heavy atom. The third-order valence-electron chi connectivity index (χ3n) is 3.12. The van der Waals surface area contributed by atoms with E-state index in [0.29, 0.717) is 5.65 Å². The monoisotopic (exact) mass is 345 g/mol. The number of esters is 1. The van der Waals surface area contributed by atoms with Crippen LogP contribution < -0.4 is 0 Å². The molecule has 2 aromatic heterocycles. The summed E-state index contributed by atoms with van der Waals surface area (Å²) in [6.45, 7) is 2.04. The van der Waals surface area contributed by atoms with Gasteiger partial charge in [0.1, 0.15) is 0 Å². The van der Waals surface area contributed by atoms with Crippen LogP contribution in [0.3, 0.4) is 0 Å². The third kappa shape index (κ3) is 2.54. The van der Waals surface area contributed by atoms with E-state index in [2.05, 4.69) is 30.7 Å². The highest BCUT2D eigenvalue weighted by atomic mass is 79.9. The number of aryl methyl sites for hydroxylation is 1. The second kappa shape index (κ2) is 5.29. The largest absolute Gasteiger partial charge is 0.464 e. The predicted octanol–water partition coefficient (Wildman–Crippen LogP) is 3.25. The summed E-state index contributed by atoms with van der Waals surface area (Å²) < 4.78 is 7.02. The van der Waals surface area contributed by atoms with Crippen LogP contribution in [0.25, 0.3) is 16.9 Å². The van der Waals surface area contributed by atoms with Crippen molar-refractivity contribution >= 4 is 27.5 Å². The molecular weight excluding hydrogens is 334 g/mol. The summed E-state index contributed by atoms with van der Waals surface area (Å²) in [5.41, 5.74) is 3.78. The number of rotatable bonds is 2. The molecule has 0 fully saturated rings. The van der Waals surface area contributed by atoms with E-state index in [9.17, 15) is 4.79 Å². The molecule has 0 unspecified atom stereocenters. The van der Waals surface area contributed by atoms with Crippen molar-refractivity contribution in [2.45, 2.75) is 6.92 Å². The Bertz CT molecular complexity index is 825. The number of hydrogen-bond donors (Lipinski definition) is 0. The van der Waals surface area contributed by atoms with E-state index in [4.69, 9.17) is 0 Å². The lowest BCUT2D eigenvalue weighted by Crippen LogP contribution is -2.00. The van der Waals surface area contributed by atoms with Crippen molar-refractivity contribution in [3.63, 3.8) is 0 Å². The number of aromatic nitrogens is 3. The molecule has 1 aromatic carbocycles. The second-order valence-corrected chi connectivity index (χ2v) is 5.48. The van der Waals surface area contributed by atoms with E-state index in [1.807, 2.05) is 37.3 Å². The molecular formula is C15H12BrN3O2. The van der Waals surface area contributed by atoms with Gasteiger partial charge >= 0.3 is 5.97 Å². The van der Waals surface area contributed by atoms with Gasteiger partial charge in [-0.05, 0) is 28.9 Å². The van der Waals surface area contributed by atoms with Crippen LogP contribution in [0.15, 0.2) is 41.0 Å². The fourth-order valence-electron chi connectivity index (χ4n) is 2.01. The standard InChI is InChI=1S/C15H12BrN3O2/c1-9-3-5-10(6-4-9)12-7-11(16)14-17-13(15(20)21-2)8-19(14)18-12/h3-8H,1-2H3. The molecule has 0 amide bonds. The van der Waals surface area contributed by atoms with Crippen molar-refractivity contribution < 1.29 is 9.53 Å². The highest BCUT2D eigenvalue weighted by Gasteiger charge is 2.14. The molecule has 106 valence electrons. The summed E-state index contributed by atoms with van der Waals surface area (Å²) >= 11 is 3.47. The van der Waals surface area contributed by atoms with Crippen LogP contribution in [-0.2, 0) is 4.74 Å². The van der Waals surface area contributed by atoms with E-state index < -0.39 is 5.97 Å². The van der Waals surface area contributed by atoms with Gasteiger partial charge in [-0.15, -0.1) is 0 Å². The number of ether oxygens (including phenoxy) is 1. The van der Waals surface area contributed by atoms with Gasteiger partial charge in [0.2, 0.25) is 0 Å². The van der Waals surface area contributed by atoms with Crippen LogP contribution in [0.2, 0.25) is 0 Å². The predicted molar refractivity (Wildman–Crippen MR) is 82.2 cm³/mol. The molecule has 0 radical (unpaired) electrons. The van der Waals surface area contributed by atoms with Gasteiger partial charge in [0.15, 0.2) is 11.3 Å². The third-order valence-corrected chi connectivity index (χ3v) is 3.71. The molecule has 0 bridgehead atoms. The fraction of sp³-hybridized carbons (Fsp3) is 0.133. The van der Waals surface area contributed by atoms with Gasteiger partial charge in [0.25, 0.3) is 0 Å². The summed E-state index contributed by atoms with van der Waals surface area (Å²) in [6.07, 6.45) is 1.56. The maximum atomic E-state index is 11.5. The summed E-state index contributed by atoms with van der Waals surface area (Å²) in [4.78, 5) is 15.8. The van der Waals surface area contributed by atoms with Gasteiger partial charge in [-0.3, -0.25) is 0 Å². The number of benzene rings is 1. The lowest BCUT2D eigenvalue weighted by molar-refractivity contribution is 0.0595. The van der Waals surface area contributed by atoms with E-state index in [1.54, 1.807) is 10.7 Å². The van der Waals surface area contributed by atoms with Crippen molar-refractivity contribution in [1.29, 1.82) is 0 Å². The maximum absolute atomic E-state index is 11.5. The first-order valence-electron chi connectivity index (χ1n) is 6.30. The van der Waals surface area contributed by atoms with E-state index >= 15 is 0 Å². The number of halogens is 1. The Balaban J connectivity index is 2.14. The first-order valence-corrected chi connectivity index (χ1v) is 7.09. The van der Waals surface area contributed by atoms with Crippen molar-refractivity contribution in [2.75, 3.05) is 7.11 Å². The topological polar surface area (TPSA) is 56.5 Å². The van der Waals surface area contributed by atoms with Gasteiger partial charge in [-0.2, -0.15) is 5.10 Å². The molecule has 0 saturated carbocycles. The number of imidazole rings is 1. The summed E-state index contributed by atoms with van der Waals surface area (Å²) in [5.74, 6) is -0.482. The number of carbonyl (C=O) groups is 1. The number of carbonyl (C=O) groups excluding carboxylic acids is 1. The quantitative estimate of drug-likeness (QED) is 0.669. The highest BCUT2D eigenvalue weighted by Crippen LogP contribution is 2.24. The molecule has 0 spiro atoms. The Morgan fingerprint density at radius 1 is 1.29 bits per heavy atom. The van der Waals surface area contributed by atoms with E-state index in [0.717, 1.165) is 15.7 Å². The smallest absolute Gasteiger partial charge is 0.358 e. The molecule has 0 aliphatic carbocycles. The summed E-state index contributed by atoms with van der Waals surface area (Å²) in [5, 5.41) is 4.49. The second-order valence-electron chi connectivity index (χ2n) is 4.63. The molecule has 0 N–H and O–H groups in total. The summed E-state index contributed by atoms with van der Waals surface area (Å²) in [6, 6.07) is 9.96. The number of methoxy groups -OCH3 is 1. The Morgan fingerprint density at radius 3 is 2.67 bits per heavy atom. The van der Waals surface area contributed by atoms with Crippen molar-refractivity contribution in [3.8, 4) is 11.3 Å². The van der Waals surface area contributed by atoms with Gasteiger partial charge < -0.3 is 4.74 Å². The minimum absolute atomic E-state index is 0.228. The van der Waals surface area contributed by atoms with Gasteiger partial charge in [-0.25, -0.2) is 14.3 Å². The molecule has 0 aliphatic rings. The minimum Gasteiger partial charge on any atom is -0.464 e. The van der Waals surface area contributed by atoms with Crippen molar-refractivity contribution in [3.05, 3.63) is 52.3 Å². The average molecular weight is 346 g/mol. The van der Waals surface area contributed by atoms with Crippen LogP contribution in [0.5, 0.6) is 0 Å². The van der Waals surface area contributed by atoms with Crippen LogP contribution in [0.1, 0.15) is 16.1 Å². The maximum Gasteiger partial charge on any atom is 0.358 e. The lowest BCUT2D eigenvalue weighted by Gasteiger charge is -2.03. The van der Waals surface area contributed by atoms with Gasteiger partial charge in [-0.1, -0.05) is 29.8 Å². The highest BCUT2D eigenvalue weighted by molar-refractivity contribution is 9.10. The van der Waals surface area contributed by atoms with E-state index in [-0.39, 0.29) is 5.69 Å². The minimum atomic E-state index is -0.482. The SMILES string of the molecule is COC(=O)c1cn2nc(-c3ccc(C)cc3)cc(Br)c2n1. The molecule has 3 aromatic rings. The number of fused-ring (bicyclic) bond motifs is 1. The Hall–Kier alpha value is -2.21. The van der Waals surface area contributed by atoms with Crippen LogP contribution in [-0.4, -0.2) is 27.7 Å². The molecule has 3 rings (SSSR count). The molecule has 0 saturated heterocycles. The van der Waals surface area contributed by atoms with Crippen molar-refractivity contribution in [2.24, 2.45) is 0 Å². The molecule has 0 atom stereocenters. The van der Waals surface area contributed by atoms with E-state index in [1.165, 1.54) is 12.7 Å². The Labute approximate surface area is 129 Å². The zero-order chi connectivity index (χ0) is 15.0. The molecule has 2 heterocycles. The average Bonchev–Trinajstić information content (AvgIpc) is 2.92. The molecule has 0 aliphatic heterocycles. The first-order chi connectivity index (χ1) is 10.1. The fourth-order valence-corrected chi connectivity index (χ4v) is 2.50. The molecule has 6 heteroatoms. The van der Waals surface area contributed by atoms with Crippen LogP contribution in [0, 0.1) is 6.92 Å². The van der Waals surface area contributed by atoms with Crippen molar-refractivity contribution in [1.82, 2.24) is 14.6 Å². The Kier molecular flexibility index (Phi) is 3.47. The van der Waals surface area contributed by atoms with Crippen LogP contribution in [0.4, 0.5) is 0 Å². The number of hydrogen-bond acceptors (Lipinski definition) is 4. The zero-order valence-electron chi connectivity index (χ0n) is 11.5. The summed E-state index contributed by atoms with van der Waals surface area (Å²) in [7, 11) is 1.33. The zero-order valence-corrected chi connectivity index (χ0v) is 13.1. The van der Waals surface area contributed by atoms with Crippen LogP contribution >= 0.6 is 15.9 Å². The van der Waals surface area contributed by atoms with Gasteiger partial charge in [0, 0.05) is 5.56 Å². The first kappa shape index (κ1) is 13.8. The van der Waals surface area contributed by atoms with Gasteiger partial charge in [0.05, 0.1) is 23.5 Å².